The zero-order valence-corrected chi connectivity index (χ0v) is 17.0. The largest absolute Gasteiger partial charge is 0.493 e. The van der Waals surface area contributed by atoms with Crippen molar-refractivity contribution < 1.29 is 9.47 Å². The van der Waals surface area contributed by atoms with Gasteiger partial charge < -0.3 is 9.47 Å². The van der Waals surface area contributed by atoms with E-state index in [0.29, 0.717) is 11.5 Å². The van der Waals surface area contributed by atoms with Gasteiger partial charge >= 0.3 is 0 Å². The average Bonchev–Trinajstić information content (AvgIpc) is 3.04. The molecule has 0 aliphatic carbocycles. The van der Waals surface area contributed by atoms with Crippen LogP contribution >= 0.6 is 27.3 Å². The topological polar surface area (TPSA) is 55.7 Å². The van der Waals surface area contributed by atoms with Crippen LogP contribution < -0.4 is 14.9 Å². The van der Waals surface area contributed by atoms with Gasteiger partial charge in [-0.25, -0.2) is 4.98 Å². The van der Waals surface area contributed by atoms with E-state index in [9.17, 15) is 0 Å². The number of anilines is 1. The Bertz CT molecular complexity index is 926. The maximum absolute atomic E-state index is 5.38. The van der Waals surface area contributed by atoms with E-state index in [-0.39, 0.29) is 0 Å². The lowest BCUT2D eigenvalue weighted by atomic mass is 10.1. The van der Waals surface area contributed by atoms with E-state index in [4.69, 9.17) is 9.47 Å². The van der Waals surface area contributed by atoms with E-state index in [2.05, 4.69) is 50.5 Å². The standard InChI is InChI=1S/C19H18BrN3O2S/c1-12-17(13-7-5-4-6-8-13)22-19(26-12)23-21-11-14-9-10-15(24-2)18(25-3)16(14)20/h4-11H,1-3H3,(H,22,23)/b21-11-. The number of aromatic nitrogens is 1. The maximum atomic E-state index is 5.38. The fourth-order valence-electron chi connectivity index (χ4n) is 2.47. The molecule has 0 unspecified atom stereocenters. The maximum Gasteiger partial charge on any atom is 0.204 e. The lowest BCUT2D eigenvalue weighted by Crippen LogP contribution is -1.96. The van der Waals surface area contributed by atoms with Crippen molar-refractivity contribution in [3.8, 4) is 22.8 Å². The number of ether oxygens (including phenoxy) is 2. The molecule has 1 aromatic heterocycles. The molecule has 0 atom stereocenters. The zero-order chi connectivity index (χ0) is 18.5. The molecule has 1 heterocycles. The van der Waals surface area contributed by atoms with Gasteiger partial charge in [-0.1, -0.05) is 30.3 Å². The monoisotopic (exact) mass is 431 g/mol. The Hall–Kier alpha value is -2.38. The first-order valence-electron chi connectivity index (χ1n) is 7.86. The fraction of sp³-hybridized carbons (Fsp3) is 0.158. The summed E-state index contributed by atoms with van der Waals surface area (Å²) in [6.07, 6.45) is 1.71. The number of aryl methyl sites for hydroxylation is 1. The summed E-state index contributed by atoms with van der Waals surface area (Å²) < 4.78 is 11.4. The quantitative estimate of drug-likeness (QED) is 0.422. The molecule has 0 saturated heterocycles. The molecular weight excluding hydrogens is 414 g/mol. The Kier molecular flexibility index (Phi) is 5.90. The smallest absolute Gasteiger partial charge is 0.204 e. The number of benzene rings is 2. The number of hydrogen-bond donors (Lipinski definition) is 1. The molecule has 0 saturated carbocycles. The second-order valence-electron chi connectivity index (χ2n) is 5.36. The van der Waals surface area contributed by atoms with Crippen LogP contribution in [-0.4, -0.2) is 25.4 Å². The van der Waals surface area contributed by atoms with E-state index >= 15 is 0 Å². The van der Waals surface area contributed by atoms with Gasteiger partial charge in [-0.05, 0) is 35.0 Å². The minimum Gasteiger partial charge on any atom is -0.493 e. The van der Waals surface area contributed by atoms with Gasteiger partial charge in [0.15, 0.2) is 11.5 Å². The summed E-state index contributed by atoms with van der Waals surface area (Å²) in [6, 6.07) is 13.9. The number of thiazole rings is 1. The molecule has 0 bridgehead atoms. The molecule has 3 rings (SSSR count). The second-order valence-corrected chi connectivity index (χ2v) is 7.36. The third-order valence-corrected chi connectivity index (χ3v) is 5.42. The van der Waals surface area contributed by atoms with Gasteiger partial charge in [-0.2, -0.15) is 5.10 Å². The number of nitrogens with one attached hydrogen (secondary N) is 1. The lowest BCUT2D eigenvalue weighted by Gasteiger charge is -2.10. The van der Waals surface area contributed by atoms with E-state index in [1.807, 2.05) is 30.3 Å². The number of halogens is 1. The Labute approximate surface area is 164 Å². The van der Waals surface area contributed by atoms with Crippen molar-refractivity contribution in [1.82, 2.24) is 4.98 Å². The van der Waals surface area contributed by atoms with Gasteiger partial charge in [0.25, 0.3) is 0 Å². The van der Waals surface area contributed by atoms with Crippen molar-refractivity contribution >= 4 is 38.6 Å². The summed E-state index contributed by atoms with van der Waals surface area (Å²) >= 11 is 5.10. The SMILES string of the molecule is COc1ccc(/C=N\Nc2nc(-c3ccccc3)c(C)s2)c(Br)c1OC. The molecule has 3 aromatic rings. The summed E-state index contributed by atoms with van der Waals surface area (Å²) in [4.78, 5) is 5.77. The van der Waals surface area contributed by atoms with Crippen molar-refractivity contribution in [2.75, 3.05) is 19.6 Å². The Morgan fingerprint density at radius 3 is 2.58 bits per heavy atom. The summed E-state index contributed by atoms with van der Waals surface area (Å²) in [7, 11) is 3.21. The Morgan fingerprint density at radius 2 is 1.88 bits per heavy atom. The van der Waals surface area contributed by atoms with Crippen molar-refractivity contribution in [3.63, 3.8) is 0 Å². The van der Waals surface area contributed by atoms with Crippen LogP contribution in [0.4, 0.5) is 5.13 Å². The summed E-state index contributed by atoms with van der Waals surface area (Å²) in [5.74, 6) is 1.29. The first kappa shape index (κ1) is 18.4. The summed E-state index contributed by atoms with van der Waals surface area (Å²) in [5.41, 5.74) is 5.94. The molecule has 0 aliphatic heterocycles. The molecule has 0 radical (unpaired) electrons. The van der Waals surface area contributed by atoms with Crippen molar-refractivity contribution in [2.24, 2.45) is 5.10 Å². The number of methoxy groups -OCH3 is 2. The summed E-state index contributed by atoms with van der Waals surface area (Å²) in [6.45, 7) is 2.06. The minimum atomic E-state index is 0.632. The highest BCUT2D eigenvalue weighted by Crippen LogP contribution is 2.37. The van der Waals surface area contributed by atoms with Gasteiger partial charge in [0.2, 0.25) is 5.13 Å². The summed E-state index contributed by atoms with van der Waals surface area (Å²) in [5, 5.41) is 5.04. The van der Waals surface area contributed by atoms with Gasteiger partial charge in [-0.3, -0.25) is 5.43 Å². The third-order valence-electron chi connectivity index (χ3n) is 3.72. The van der Waals surface area contributed by atoms with Crippen LogP contribution in [0.1, 0.15) is 10.4 Å². The average molecular weight is 432 g/mol. The second kappa shape index (κ2) is 8.33. The lowest BCUT2D eigenvalue weighted by molar-refractivity contribution is 0.353. The third kappa shape index (κ3) is 3.89. The van der Waals surface area contributed by atoms with Gasteiger partial charge in [0.1, 0.15) is 0 Å². The van der Waals surface area contributed by atoms with Crippen LogP contribution in [0.5, 0.6) is 11.5 Å². The van der Waals surface area contributed by atoms with Crippen molar-refractivity contribution in [1.29, 1.82) is 0 Å². The predicted octanol–water partition coefficient (Wildman–Crippen LogP) is 5.34. The molecule has 0 spiro atoms. The van der Waals surface area contributed by atoms with Crippen LogP contribution in [-0.2, 0) is 0 Å². The zero-order valence-electron chi connectivity index (χ0n) is 14.6. The number of rotatable bonds is 6. The number of hydrazone groups is 1. The van der Waals surface area contributed by atoms with E-state index < -0.39 is 0 Å². The fourth-order valence-corrected chi connectivity index (χ4v) is 3.85. The van der Waals surface area contributed by atoms with Crippen molar-refractivity contribution in [3.05, 3.63) is 57.4 Å². The normalized spacial score (nSPS) is 10.9. The molecular formula is C19H18BrN3O2S. The highest BCUT2D eigenvalue weighted by Gasteiger charge is 2.12. The molecule has 134 valence electrons. The molecule has 26 heavy (non-hydrogen) atoms. The van der Waals surface area contributed by atoms with Crippen LogP contribution in [0, 0.1) is 6.92 Å². The molecule has 0 amide bonds. The Balaban J connectivity index is 1.78. The van der Waals surface area contributed by atoms with Crippen LogP contribution in [0.3, 0.4) is 0 Å². The number of hydrogen-bond acceptors (Lipinski definition) is 6. The van der Waals surface area contributed by atoms with Crippen LogP contribution in [0.15, 0.2) is 52.0 Å². The first-order valence-corrected chi connectivity index (χ1v) is 9.47. The molecule has 5 nitrogen and oxygen atoms in total. The van der Waals surface area contributed by atoms with Crippen molar-refractivity contribution in [2.45, 2.75) is 6.92 Å². The molecule has 0 aliphatic rings. The van der Waals surface area contributed by atoms with E-state index in [0.717, 1.165) is 31.3 Å². The molecule has 7 heteroatoms. The van der Waals surface area contributed by atoms with E-state index in [1.54, 1.807) is 31.8 Å². The van der Waals surface area contributed by atoms with E-state index in [1.165, 1.54) is 0 Å². The molecule has 1 N–H and O–H groups in total. The minimum absolute atomic E-state index is 0.632. The van der Waals surface area contributed by atoms with Gasteiger partial charge in [0, 0.05) is 16.0 Å². The van der Waals surface area contributed by atoms with Gasteiger partial charge in [-0.15, -0.1) is 11.3 Å². The van der Waals surface area contributed by atoms with Crippen LogP contribution in [0.25, 0.3) is 11.3 Å². The molecule has 0 fully saturated rings. The first-order chi connectivity index (χ1) is 12.6. The highest BCUT2D eigenvalue weighted by molar-refractivity contribution is 9.10. The highest BCUT2D eigenvalue weighted by atomic mass is 79.9. The number of nitrogens with zero attached hydrogens (tertiary/aromatic N) is 2. The molecule has 2 aromatic carbocycles. The van der Waals surface area contributed by atoms with Gasteiger partial charge in [0.05, 0.1) is 30.6 Å². The van der Waals surface area contributed by atoms with Crippen LogP contribution in [0.2, 0.25) is 0 Å². The Morgan fingerprint density at radius 1 is 1.12 bits per heavy atom. The predicted molar refractivity (Wildman–Crippen MR) is 111 cm³/mol.